The largest absolute Gasteiger partial charge is 0.368 e. The lowest BCUT2D eigenvalue weighted by Crippen LogP contribution is -2.48. The van der Waals surface area contributed by atoms with E-state index in [0.717, 1.165) is 71.1 Å². The molecule has 0 spiro atoms. The summed E-state index contributed by atoms with van der Waals surface area (Å²) in [6.07, 6.45) is 1.86. The third kappa shape index (κ3) is 3.87. The monoisotopic (exact) mass is 331 g/mol. The number of piperazine rings is 2. The minimum Gasteiger partial charge on any atom is -0.368 e. The molecule has 3 heterocycles. The lowest BCUT2D eigenvalue weighted by Gasteiger charge is -2.35. The van der Waals surface area contributed by atoms with Crippen LogP contribution >= 0.6 is 0 Å². The minimum atomic E-state index is 0.0631. The number of nitrogens with zero attached hydrogens (tertiary/aromatic N) is 5. The Hall–Kier alpha value is -1.66. The van der Waals surface area contributed by atoms with Gasteiger partial charge in [0.25, 0.3) is 5.91 Å². The van der Waals surface area contributed by atoms with Gasteiger partial charge in [-0.25, -0.2) is 4.98 Å². The maximum atomic E-state index is 12.6. The highest BCUT2D eigenvalue weighted by Crippen LogP contribution is 2.16. The SMILES string of the molecule is CCN1CCN(C(=O)c2ccc(N3CCN(CC)CC3)cn2)CC1. The molecule has 0 saturated carbocycles. The Balaban J connectivity index is 1.57. The van der Waals surface area contributed by atoms with Crippen LogP contribution in [0.15, 0.2) is 18.3 Å². The molecule has 24 heavy (non-hydrogen) atoms. The minimum absolute atomic E-state index is 0.0631. The highest BCUT2D eigenvalue weighted by Gasteiger charge is 2.22. The summed E-state index contributed by atoms with van der Waals surface area (Å²) in [5, 5.41) is 0. The van der Waals surface area contributed by atoms with Crippen LogP contribution in [-0.4, -0.2) is 91.0 Å². The van der Waals surface area contributed by atoms with E-state index in [2.05, 4.69) is 33.5 Å². The molecule has 1 amide bonds. The summed E-state index contributed by atoms with van der Waals surface area (Å²) in [4.78, 5) is 26.1. The van der Waals surface area contributed by atoms with E-state index in [0.29, 0.717) is 5.69 Å². The van der Waals surface area contributed by atoms with Crippen LogP contribution in [0.3, 0.4) is 0 Å². The van der Waals surface area contributed by atoms with Crippen molar-refractivity contribution < 1.29 is 4.79 Å². The molecule has 6 heteroatoms. The molecular formula is C18H29N5O. The summed E-state index contributed by atoms with van der Waals surface area (Å²) in [6.45, 7) is 14.3. The van der Waals surface area contributed by atoms with Gasteiger partial charge in [-0.15, -0.1) is 0 Å². The van der Waals surface area contributed by atoms with Crippen LogP contribution in [0.25, 0.3) is 0 Å². The molecule has 2 aliphatic heterocycles. The van der Waals surface area contributed by atoms with Crippen molar-refractivity contribution in [3.63, 3.8) is 0 Å². The summed E-state index contributed by atoms with van der Waals surface area (Å²) >= 11 is 0. The zero-order valence-electron chi connectivity index (χ0n) is 14.9. The number of pyridine rings is 1. The molecule has 132 valence electrons. The molecule has 0 atom stereocenters. The van der Waals surface area contributed by atoms with Crippen LogP contribution in [0.1, 0.15) is 24.3 Å². The quantitative estimate of drug-likeness (QED) is 0.823. The fourth-order valence-electron chi connectivity index (χ4n) is 3.45. The van der Waals surface area contributed by atoms with Crippen molar-refractivity contribution in [2.24, 2.45) is 0 Å². The van der Waals surface area contributed by atoms with Gasteiger partial charge in [0.15, 0.2) is 0 Å². The van der Waals surface area contributed by atoms with E-state index in [4.69, 9.17) is 0 Å². The van der Waals surface area contributed by atoms with Gasteiger partial charge in [0, 0.05) is 52.4 Å². The van der Waals surface area contributed by atoms with E-state index in [1.54, 1.807) is 0 Å². The number of aromatic nitrogens is 1. The highest BCUT2D eigenvalue weighted by molar-refractivity contribution is 5.92. The van der Waals surface area contributed by atoms with E-state index in [-0.39, 0.29) is 5.91 Å². The molecule has 1 aromatic rings. The summed E-state index contributed by atoms with van der Waals surface area (Å²) in [5.41, 5.74) is 1.69. The zero-order chi connectivity index (χ0) is 16.9. The summed E-state index contributed by atoms with van der Waals surface area (Å²) in [7, 11) is 0. The van der Waals surface area contributed by atoms with Gasteiger partial charge >= 0.3 is 0 Å². The molecule has 2 fully saturated rings. The normalized spacial score (nSPS) is 20.4. The third-order valence-corrected chi connectivity index (χ3v) is 5.26. The second-order valence-corrected chi connectivity index (χ2v) is 6.55. The number of carbonyl (C=O) groups excluding carboxylic acids is 1. The molecule has 1 aromatic heterocycles. The Bertz CT molecular complexity index is 531. The molecule has 0 aliphatic carbocycles. The van der Waals surface area contributed by atoms with Crippen LogP contribution < -0.4 is 4.90 Å². The third-order valence-electron chi connectivity index (χ3n) is 5.26. The first-order valence-electron chi connectivity index (χ1n) is 9.16. The Labute approximate surface area is 145 Å². The van der Waals surface area contributed by atoms with Gasteiger partial charge < -0.3 is 19.6 Å². The van der Waals surface area contributed by atoms with Gasteiger partial charge in [0.2, 0.25) is 0 Å². The molecular weight excluding hydrogens is 302 g/mol. The Morgan fingerprint density at radius 2 is 1.50 bits per heavy atom. The number of anilines is 1. The molecule has 6 nitrogen and oxygen atoms in total. The molecule has 2 saturated heterocycles. The summed E-state index contributed by atoms with van der Waals surface area (Å²) in [6, 6.07) is 3.93. The van der Waals surface area contributed by atoms with Crippen molar-refractivity contribution in [2.75, 3.05) is 70.3 Å². The molecule has 0 N–H and O–H groups in total. The Morgan fingerprint density at radius 1 is 0.917 bits per heavy atom. The van der Waals surface area contributed by atoms with E-state index >= 15 is 0 Å². The van der Waals surface area contributed by atoms with Gasteiger partial charge in [0.1, 0.15) is 5.69 Å². The van der Waals surface area contributed by atoms with Crippen molar-refractivity contribution in [1.29, 1.82) is 0 Å². The number of amides is 1. The van der Waals surface area contributed by atoms with Crippen molar-refractivity contribution >= 4 is 11.6 Å². The topological polar surface area (TPSA) is 42.9 Å². The fraction of sp³-hybridized carbons (Fsp3) is 0.667. The lowest BCUT2D eigenvalue weighted by atomic mass is 10.2. The number of rotatable bonds is 4. The Kier molecular flexibility index (Phi) is 5.68. The zero-order valence-corrected chi connectivity index (χ0v) is 14.9. The fourth-order valence-corrected chi connectivity index (χ4v) is 3.45. The van der Waals surface area contributed by atoms with Gasteiger partial charge in [-0.1, -0.05) is 13.8 Å². The maximum absolute atomic E-state index is 12.6. The number of carbonyl (C=O) groups is 1. The van der Waals surface area contributed by atoms with E-state index in [1.807, 2.05) is 23.2 Å². The van der Waals surface area contributed by atoms with Crippen molar-refractivity contribution in [3.05, 3.63) is 24.0 Å². The van der Waals surface area contributed by atoms with E-state index in [1.165, 1.54) is 0 Å². The Morgan fingerprint density at radius 3 is 2.00 bits per heavy atom. The first-order valence-corrected chi connectivity index (χ1v) is 9.16. The first kappa shape index (κ1) is 17.2. The van der Waals surface area contributed by atoms with E-state index < -0.39 is 0 Å². The smallest absolute Gasteiger partial charge is 0.272 e. The predicted molar refractivity (Wildman–Crippen MR) is 96.6 cm³/mol. The van der Waals surface area contributed by atoms with Crippen LogP contribution in [-0.2, 0) is 0 Å². The van der Waals surface area contributed by atoms with Crippen molar-refractivity contribution in [3.8, 4) is 0 Å². The molecule has 3 rings (SSSR count). The second-order valence-electron chi connectivity index (χ2n) is 6.55. The van der Waals surface area contributed by atoms with Crippen LogP contribution in [0.2, 0.25) is 0 Å². The molecule has 0 unspecified atom stereocenters. The first-order chi connectivity index (χ1) is 11.7. The lowest BCUT2D eigenvalue weighted by molar-refractivity contribution is 0.0637. The summed E-state index contributed by atoms with van der Waals surface area (Å²) in [5.74, 6) is 0.0631. The van der Waals surface area contributed by atoms with Crippen LogP contribution in [0.4, 0.5) is 5.69 Å². The second kappa shape index (κ2) is 7.94. The predicted octanol–water partition coefficient (Wildman–Crippen LogP) is 1.00. The summed E-state index contributed by atoms with van der Waals surface area (Å²) < 4.78 is 0. The van der Waals surface area contributed by atoms with Gasteiger partial charge in [0.05, 0.1) is 11.9 Å². The number of hydrogen-bond donors (Lipinski definition) is 0. The average molecular weight is 331 g/mol. The van der Waals surface area contributed by atoms with Gasteiger partial charge in [-0.05, 0) is 25.2 Å². The molecule has 2 aliphatic rings. The number of likely N-dealkylation sites (N-methyl/N-ethyl adjacent to an activating group) is 2. The van der Waals surface area contributed by atoms with Crippen LogP contribution in [0, 0.1) is 0 Å². The van der Waals surface area contributed by atoms with Crippen molar-refractivity contribution in [1.82, 2.24) is 19.7 Å². The van der Waals surface area contributed by atoms with E-state index in [9.17, 15) is 4.79 Å². The van der Waals surface area contributed by atoms with Crippen LogP contribution in [0.5, 0.6) is 0 Å². The molecule has 0 bridgehead atoms. The van der Waals surface area contributed by atoms with Gasteiger partial charge in [-0.2, -0.15) is 0 Å². The molecule has 0 aromatic carbocycles. The highest BCUT2D eigenvalue weighted by atomic mass is 16.2. The van der Waals surface area contributed by atoms with Crippen molar-refractivity contribution in [2.45, 2.75) is 13.8 Å². The number of hydrogen-bond acceptors (Lipinski definition) is 5. The maximum Gasteiger partial charge on any atom is 0.272 e. The van der Waals surface area contributed by atoms with Gasteiger partial charge in [-0.3, -0.25) is 4.79 Å². The standard InChI is InChI=1S/C18H29N5O/c1-3-20-7-11-22(12-8-20)16-5-6-17(19-15-16)18(24)23-13-9-21(4-2)10-14-23/h5-6,15H,3-4,7-14H2,1-2H3. The molecule has 0 radical (unpaired) electrons. The average Bonchev–Trinajstić information content (AvgIpc) is 2.68.